The van der Waals surface area contributed by atoms with Gasteiger partial charge in [-0.25, -0.2) is 0 Å². The van der Waals surface area contributed by atoms with Gasteiger partial charge in [-0.1, -0.05) is 19.9 Å². The highest BCUT2D eigenvalue weighted by Gasteiger charge is 2.38. The van der Waals surface area contributed by atoms with Crippen molar-refractivity contribution in [2.45, 2.75) is 52.1 Å². The van der Waals surface area contributed by atoms with Gasteiger partial charge in [0.1, 0.15) is 0 Å². The largest absolute Gasteiger partial charge is 0.300 e. The van der Waals surface area contributed by atoms with Crippen LogP contribution in [0.25, 0.3) is 0 Å². The van der Waals surface area contributed by atoms with Crippen LogP contribution in [0.4, 0.5) is 0 Å². The van der Waals surface area contributed by atoms with E-state index in [1.54, 1.807) is 6.20 Å². The summed E-state index contributed by atoms with van der Waals surface area (Å²) >= 11 is 0. The summed E-state index contributed by atoms with van der Waals surface area (Å²) in [5.41, 5.74) is 4.28. The van der Waals surface area contributed by atoms with Gasteiger partial charge >= 0.3 is 0 Å². The molecule has 1 aromatic carbocycles. The first-order valence-electron chi connectivity index (χ1n) is 10.3. The number of pyridine rings is 1. The maximum absolute atomic E-state index is 12.9. The molecule has 2 heterocycles. The molecule has 0 atom stereocenters. The first-order valence-corrected chi connectivity index (χ1v) is 10.3. The van der Waals surface area contributed by atoms with Crippen LogP contribution in [0.15, 0.2) is 36.5 Å². The smallest absolute Gasteiger partial charge is 0.261 e. The molecular weight excluding hydrogens is 350 g/mol. The summed E-state index contributed by atoms with van der Waals surface area (Å²) in [5.74, 6) is -0.397. The fourth-order valence-electron chi connectivity index (χ4n) is 4.49. The van der Waals surface area contributed by atoms with Gasteiger partial charge < -0.3 is 0 Å². The molecule has 0 bridgehead atoms. The number of hydrogen-bond acceptors (Lipinski definition) is 4. The molecule has 2 amide bonds. The topological polar surface area (TPSA) is 53.5 Å². The van der Waals surface area contributed by atoms with E-state index < -0.39 is 0 Å². The quantitative estimate of drug-likeness (QED) is 0.694. The van der Waals surface area contributed by atoms with Crippen molar-refractivity contribution in [3.63, 3.8) is 0 Å². The lowest BCUT2D eigenvalue weighted by Gasteiger charge is -2.27. The third kappa shape index (κ3) is 3.35. The summed E-state index contributed by atoms with van der Waals surface area (Å²) in [6.07, 6.45) is 5.89. The van der Waals surface area contributed by atoms with Gasteiger partial charge in [0.15, 0.2) is 0 Å². The van der Waals surface area contributed by atoms with Crippen molar-refractivity contribution >= 4 is 11.8 Å². The maximum atomic E-state index is 12.9. The molecule has 0 fully saturated rings. The molecule has 0 saturated carbocycles. The molecule has 28 heavy (non-hydrogen) atoms. The Kier molecular flexibility index (Phi) is 5.27. The molecule has 0 N–H and O–H groups in total. The van der Waals surface area contributed by atoms with Crippen molar-refractivity contribution in [3.05, 3.63) is 64.5 Å². The van der Waals surface area contributed by atoms with Crippen molar-refractivity contribution < 1.29 is 9.59 Å². The highest BCUT2D eigenvalue weighted by molar-refractivity contribution is 6.21. The molecule has 1 aliphatic heterocycles. The molecule has 0 saturated heterocycles. The summed E-state index contributed by atoms with van der Waals surface area (Å²) in [6, 6.07) is 9.95. The molecule has 1 aromatic heterocycles. The number of imide groups is 1. The third-order valence-corrected chi connectivity index (χ3v) is 5.79. The highest BCUT2D eigenvalue weighted by Crippen LogP contribution is 2.33. The van der Waals surface area contributed by atoms with E-state index in [0.717, 1.165) is 44.5 Å². The van der Waals surface area contributed by atoms with E-state index in [1.165, 1.54) is 16.0 Å². The van der Waals surface area contributed by atoms with E-state index in [0.29, 0.717) is 17.2 Å². The third-order valence-electron chi connectivity index (χ3n) is 5.79. The Balaban J connectivity index is 1.56. The number of rotatable bonds is 7. The SMILES string of the molecule is CCCN(CCC)C1Cc2cc3c(cc2C1)C(=O)N(Cc1ccccn1)C3=O. The lowest BCUT2D eigenvalue weighted by Crippen LogP contribution is -2.37. The zero-order chi connectivity index (χ0) is 19.7. The summed E-state index contributed by atoms with van der Waals surface area (Å²) in [5, 5.41) is 0. The molecule has 146 valence electrons. The fraction of sp³-hybridized carbons (Fsp3) is 0.435. The molecule has 5 heteroatoms. The van der Waals surface area contributed by atoms with Crippen LogP contribution < -0.4 is 0 Å². The predicted octanol–water partition coefficient (Wildman–Crippen LogP) is 3.47. The van der Waals surface area contributed by atoms with Crippen LogP contribution in [0.1, 0.15) is 64.2 Å². The maximum Gasteiger partial charge on any atom is 0.261 e. The van der Waals surface area contributed by atoms with Crippen LogP contribution >= 0.6 is 0 Å². The summed E-state index contributed by atoms with van der Waals surface area (Å²) < 4.78 is 0. The predicted molar refractivity (Wildman–Crippen MR) is 108 cm³/mol. The molecular formula is C23H27N3O2. The molecule has 4 rings (SSSR count). The Hall–Kier alpha value is -2.53. The van der Waals surface area contributed by atoms with Crippen LogP contribution in [0.3, 0.4) is 0 Å². The minimum atomic E-state index is -0.198. The molecule has 2 aromatic rings. The van der Waals surface area contributed by atoms with E-state index in [9.17, 15) is 9.59 Å². The lowest BCUT2D eigenvalue weighted by atomic mass is 10.0. The number of nitrogens with zero attached hydrogens (tertiary/aromatic N) is 3. The average Bonchev–Trinajstić information content (AvgIpc) is 3.22. The first-order chi connectivity index (χ1) is 13.6. The minimum absolute atomic E-state index is 0.198. The first kappa shape index (κ1) is 18.8. The van der Waals surface area contributed by atoms with E-state index in [-0.39, 0.29) is 18.4 Å². The molecule has 2 aliphatic rings. The second-order valence-electron chi connectivity index (χ2n) is 7.78. The number of carbonyl (C=O) groups excluding carboxylic acids is 2. The van der Waals surface area contributed by atoms with Crippen LogP contribution in [0.5, 0.6) is 0 Å². The Morgan fingerprint density at radius 3 is 2.11 bits per heavy atom. The monoisotopic (exact) mass is 377 g/mol. The van der Waals surface area contributed by atoms with Crippen LogP contribution in [-0.4, -0.2) is 45.7 Å². The number of hydrogen-bond donors (Lipinski definition) is 0. The Morgan fingerprint density at radius 2 is 1.61 bits per heavy atom. The van der Waals surface area contributed by atoms with Gasteiger partial charge in [0.05, 0.1) is 23.4 Å². The van der Waals surface area contributed by atoms with Crippen molar-refractivity contribution in [1.29, 1.82) is 0 Å². The van der Waals surface area contributed by atoms with Gasteiger partial charge in [-0.3, -0.25) is 24.4 Å². The zero-order valence-corrected chi connectivity index (χ0v) is 16.6. The van der Waals surface area contributed by atoms with Gasteiger partial charge in [0.2, 0.25) is 0 Å². The van der Waals surface area contributed by atoms with Gasteiger partial charge in [-0.15, -0.1) is 0 Å². The van der Waals surface area contributed by atoms with E-state index in [1.807, 2.05) is 30.3 Å². The molecule has 0 unspecified atom stereocenters. The fourth-order valence-corrected chi connectivity index (χ4v) is 4.49. The Morgan fingerprint density at radius 1 is 1.00 bits per heavy atom. The van der Waals surface area contributed by atoms with Crippen LogP contribution in [0, 0.1) is 0 Å². The standard InChI is InChI=1S/C23H27N3O2/c1-3-9-25(10-4-2)19-11-16-13-20-21(14-17(16)12-19)23(28)26(22(20)27)15-18-7-5-6-8-24-18/h5-8,13-14,19H,3-4,9-12,15H2,1-2H3. The molecule has 1 aliphatic carbocycles. The summed E-state index contributed by atoms with van der Waals surface area (Å²) in [7, 11) is 0. The number of benzene rings is 1. The lowest BCUT2D eigenvalue weighted by molar-refractivity contribution is 0.0640. The normalized spacial score (nSPS) is 16.2. The van der Waals surface area contributed by atoms with Crippen molar-refractivity contribution in [2.75, 3.05) is 13.1 Å². The van der Waals surface area contributed by atoms with Gasteiger partial charge in [-0.05, 0) is 74.2 Å². The van der Waals surface area contributed by atoms with E-state index in [2.05, 4.69) is 23.7 Å². The Bertz CT molecular complexity index is 843. The number of aromatic nitrogens is 1. The number of fused-ring (bicyclic) bond motifs is 2. The highest BCUT2D eigenvalue weighted by atomic mass is 16.2. The zero-order valence-electron chi connectivity index (χ0n) is 16.6. The van der Waals surface area contributed by atoms with Gasteiger partial charge in [-0.2, -0.15) is 0 Å². The summed E-state index contributed by atoms with van der Waals surface area (Å²) in [6.45, 7) is 6.85. The second kappa shape index (κ2) is 7.84. The number of carbonyl (C=O) groups is 2. The number of amides is 2. The van der Waals surface area contributed by atoms with Crippen LogP contribution in [0.2, 0.25) is 0 Å². The van der Waals surface area contributed by atoms with Crippen molar-refractivity contribution in [1.82, 2.24) is 14.8 Å². The minimum Gasteiger partial charge on any atom is -0.300 e. The average molecular weight is 377 g/mol. The van der Waals surface area contributed by atoms with Gasteiger partial charge in [0.25, 0.3) is 11.8 Å². The molecule has 0 spiro atoms. The molecule has 0 radical (unpaired) electrons. The van der Waals surface area contributed by atoms with E-state index >= 15 is 0 Å². The Labute approximate surface area is 166 Å². The summed E-state index contributed by atoms with van der Waals surface area (Å²) in [4.78, 5) is 33.9. The van der Waals surface area contributed by atoms with Crippen molar-refractivity contribution in [2.24, 2.45) is 0 Å². The van der Waals surface area contributed by atoms with Gasteiger partial charge in [0, 0.05) is 12.2 Å². The second-order valence-corrected chi connectivity index (χ2v) is 7.78. The van der Waals surface area contributed by atoms with Crippen molar-refractivity contribution in [3.8, 4) is 0 Å². The molecule has 5 nitrogen and oxygen atoms in total. The van der Waals surface area contributed by atoms with E-state index in [4.69, 9.17) is 0 Å². The van der Waals surface area contributed by atoms with Crippen LogP contribution in [-0.2, 0) is 19.4 Å².